The smallest absolute Gasteiger partial charge is 0.0547 e. The number of hydrogen-bond acceptors (Lipinski definition) is 4. The standard InChI is InChI=1S/C14H23N3S/c1-14(2)11-17(7-8-18-14)10-13-6-4-5-12(16-13)9-15-3/h4-6,15H,7-11H2,1-3H3. The first kappa shape index (κ1) is 13.8. The summed E-state index contributed by atoms with van der Waals surface area (Å²) in [5, 5.41) is 3.15. The molecular weight excluding hydrogens is 242 g/mol. The van der Waals surface area contributed by atoms with Gasteiger partial charge >= 0.3 is 0 Å². The number of thioether (sulfide) groups is 1. The van der Waals surface area contributed by atoms with Gasteiger partial charge < -0.3 is 5.32 Å². The van der Waals surface area contributed by atoms with E-state index >= 15 is 0 Å². The molecule has 0 atom stereocenters. The molecule has 0 spiro atoms. The number of nitrogens with one attached hydrogen (secondary N) is 1. The molecule has 1 aliphatic rings. The van der Waals surface area contributed by atoms with Crippen LogP contribution in [0.15, 0.2) is 18.2 Å². The Hall–Kier alpha value is -0.580. The van der Waals surface area contributed by atoms with Crippen molar-refractivity contribution in [3.8, 4) is 0 Å². The van der Waals surface area contributed by atoms with Crippen LogP contribution in [0.25, 0.3) is 0 Å². The average molecular weight is 265 g/mol. The quantitative estimate of drug-likeness (QED) is 0.903. The fourth-order valence-electron chi connectivity index (χ4n) is 2.38. The summed E-state index contributed by atoms with van der Waals surface area (Å²) in [5.74, 6) is 1.23. The molecule has 0 bridgehead atoms. The van der Waals surface area contributed by atoms with E-state index in [2.05, 4.69) is 54.0 Å². The van der Waals surface area contributed by atoms with Crippen LogP contribution < -0.4 is 5.32 Å². The second-order valence-electron chi connectivity index (χ2n) is 5.47. The van der Waals surface area contributed by atoms with Crippen LogP contribution >= 0.6 is 11.8 Å². The van der Waals surface area contributed by atoms with Crippen molar-refractivity contribution in [1.29, 1.82) is 0 Å². The minimum Gasteiger partial charge on any atom is -0.314 e. The van der Waals surface area contributed by atoms with E-state index in [4.69, 9.17) is 4.98 Å². The van der Waals surface area contributed by atoms with Gasteiger partial charge in [0.2, 0.25) is 0 Å². The maximum absolute atomic E-state index is 4.69. The van der Waals surface area contributed by atoms with E-state index in [0.29, 0.717) is 4.75 Å². The predicted octanol–water partition coefficient (Wildman–Crippen LogP) is 2.13. The Bertz CT molecular complexity index is 392. The molecule has 18 heavy (non-hydrogen) atoms. The summed E-state index contributed by atoms with van der Waals surface area (Å²) in [7, 11) is 1.96. The van der Waals surface area contributed by atoms with Gasteiger partial charge in [-0.05, 0) is 33.0 Å². The molecule has 0 aliphatic carbocycles. The van der Waals surface area contributed by atoms with E-state index in [9.17, 15) is 0 Å². The lowest BCUT2D eigenvalue weighted by atomic mass is 10.1. The number of aromatic nitrogens is 1. The minimum atomic E-state index is 0.376. The van der Waals surface area contributed by atoms with Crippen molar-refractivity contribution in [2.45, 2.75) is 31.7 Å². The topological polar surface area (TPSA) is 28.2 Å². The van der Waals surface area contributed by atoms with Gasteiger partial charge in [-0.15, -0.1) is 0 Å². The highest BCUT2D eigenvalue weighted by atomic mass is 32.2. The molecule has 0 amide bonds. The van der Waals surface area contributed by atoms with Gasteiger partial charge in [0.05, 0.1) is 11.4 Å². The molecule has 0 unspecified atom stereocenters. The summed E-state index contributed by atoms with van der Waals surface area (Å²) < 4.78 is 0.376. The molecule has 0 aromatic carbocycles. The van der Waals surface area contributed by atoms with Crippen molar-refractivity contribution < 1.29 is 0 Å². The molecule has 1 N–H and O–H groups in total. The fraction of sp³-hybridized carbons (Fsp3) is 0.643. The molecule has 4 heteroatoms. The van der Waals surface area contributed by atoms with Crippen LogP contribution in [-0.4, -0.2) is 40.5 Å². The first-order chi connectivity index (χ1) is 8.59. The van der Waals surface area contributed by atoms with Gasteiger partial charge in [-0.3, -0.25) is 9.88 Å². The largest absolute Gasteiger partial charge is 0.314 e. The molecule has 2 heterocycles. The average Bonchev–Trinajstić information content (AvgIpc) is 2.28. The zero-order valence-corrected chi connectivity index (χ0v) is 12.4. The van der Waals surface area contributed by atoms with Gasteiger partial charge in [-0.25, -0.2) is 0 Å². The molecule has 1 saturated heterocycles. The minimum absolute atomic E-state index is 0.376. The van der Waals surface area contributed by atoms with Crippen LogP contribution in [0.5, 0.6) is 0 Å². The Balaban J connectivity index is 1.98. The van der Waals surface area contributed by atoms with Crippen LogP contribution in [0, 0.1) is 0 Å². The first-order valence-electron chi connectivity index (χ1n) is 6.55. The van der Waals surface area contributed by atoms with Crippen molar-refractivity contribution in [3.63, 3.8) is 0 Å². The highest BCUT2D eigenvalue weighted by molar-refractivity contribution is 8.00. The zero-order valence-electron chi connectivity index (χ0n) is 11.6. The van der Waals surface area contributed by atoms with Gasteiger partial charge in [0.15, 0.2) is 0 Å². The van der Waals surface area contributed by atoms with Gasteiger partial charge in [0.25, 0.3) is 0 Å². The maximum atomic E-state index is 4.69. The van der Waals surface area contributed by atoms with E-state index in [1.807, 2.05) is 7.05 Å². The van der Waals surface area contributed by atoms with E-state index in [1.54, 1.807) is 0 Å². The molecular formula is C14H23N3S. The second kappa shape index (κ2) is 6.04. The number of nitrogens with zero attached hydrogens (tertiary/aromatic N) is 2. The summed E-state index contributed by atoms with van der Waals surface area (Å²) in [6.45, 7) is 8.79. The molecule has 1 aromatic heterocycles. The van der Waals surface area contributed by atoms with Crippen molar-refractivity contribution in [3.05, 3.63) is 29.6 Å². The summed E-state index contributed by atoms with van der Waals surface area (Å²) >= 11 is 2.07. The number of pyridine rings is 1. The lowest BCUT2D eigenvalue weighted by Gasteiger charge is -2.37. The Morgan fingerprint density at radius 1 is 1.39 bits per heavy atom. The van der Waals surface area contributed by atoms with E-state index in [1.165, 1.54) is 18.0 Å². The lowest BCUT2D eigenvalue weighted by molar-refractivity contribution is 0.249. The number of hydrogen-bond donors (Lipinski definition) is 1. The summed E-state index contributed by atoms with van der Waals surface area (Å²) in [5.41, 5.74) is 2.31. The third kappa shape index (κ3) is 3.97. The molecule has 0 radical (unpaired) electrons. The number of rotatable bonds is 4. The molecule has 3 nitrogen and oxygen atoms in total. The molecule has 100 valence electrons. The molecule has 1 fully saturated rings. The SMILES string of the molecule is CNCc1cccc(CN2CCSC(C)(C)C2)n1. The molecule has 1 aromatic rings. The van der Waals surface area contributed by atoms with Gasteiger partial charge in [0, 0.05) is 36.7 Å². The van der Waals surface area contributed by atoms with Crippen molar-refractivity contribution in [2.24, 2.45) is 0 Å². The van der Waals surface area contributed by atoms with Gasteiger partial charge in [-0.2, -0.15) is 11.8 Å². The van der Waals surface area contributed by atoms with Crippen LogP contribution in [0.1, 0.15) is 25.2 Å². The van der Waals surface area contributed by atoms with Gasteiger partial charge in [-0.1, -0.05) is 6.07 Å². The second-order valence-corrected chi connectivity index (χ2v) is 7.27. The Morgan fingerprint density at radius 2 is 2.17 bits per heavy atom. The Morgan fingerprint density at radius 3 is 2.89 bits per heavy atom. The third-order valence-electron chi connectivity index (χ3n) is 3.11. The summed E-state index contributed by atoms with van der Waals surface area (Å²) in [4.78, 5) is 7.21. The first-order valence-corrected chi connectivity index (χ1v) is 7.53. The third-order valence-corrected chi connectivity index (χ3v) is 4.41. The van der Waals surface area contributed by atoms with E-state index in [-0.39, 0.29) is 0 Å². The van der Waals surface area contributed by atoms with Crippen LogP contribution in [0.4, 0.5) is 0 Å². The van der Waals surface area contributed by atoms with Crippen molar-refractivity contribution in [1.82, 2.24) is 15.2 Å². The Kier molecular flexibility index (Phi) is 4.65. The zero-order chi connectivity index (χ0) is 13.0. The van der Waals surface area contributed by atoms with Gasteiger partial charge in [0.1, 0.15) is 0 Å². The highest BCUT2D eigenvalue weighted by Crippen LogP contribution is 2.29. The lowest BCUT2D eigenvalue weighted by Crippen LogP contribution is -2.42. The normalized spacial score (nSPS) is 19.9. The maximum Gasteiger partial charge on any atom is 0.0547 e. The fourth-order valence-corrected chi connectivity index (χ4v) is 3.55. The van der Waals surface area contributed by atoms with Crippen LogP contribution in [-0.2, 0) is 13.1 Å². The monoisotopic (exact) mass is 265 g/mol. The van der Waals surface area contributed by atoms with E-state index in [0.717, 1.165) is 25.3 Å². The molecule has 1 aliphatic heterocycles. The predicted molar refractivity (Wildman–Crippen MR) is 78.8 cm³/mol. The van der Waals surface area contributed by atoms with Crippen LogP contribution in [0.3, 0.4) is 0 Å². The molecule has 0 saturated carbocycles. The summed E-state index contributed by atoms with van der Waals surface area (Å²) in [6.07, 6.45) is 0. The van der Waals surface area contributed by atoms with E-state index < -0.39 is 0 Å². The van der Waals surface area contributed by atoms with Crippen molar-refractivity contribution in [2.75, 3.05) is 25.9 Å². The molecule has 2 rings (SSSR count). The van der Waals surface area contributed by atoms with Crippen molar-refractivity contribution >= 4 is 11.8 Å². The Labute approximate surface area is 114 Å². The van der Waals surface area contributed by atoms with Crippen LogP contribution in [0.2, 0.25) is 0 Å². The highest BCUT2D eigenvalue weighted by Gasteiger charge is 2.26. The summed E-state index contributed by atoms with van der Waals surface area (Å²) in [6, 6.07) is 6.32.